The summed E-state index contributed by atoms with van der Waals surface area (Å²) in [5.41, 5.74) is 7.03. The number of hydrogen-bond acceptors (Lipinski definition) is 6. The van der Waals surface area contributed by atoms with Gasteiger partial charge in [-0.25, -0.2) is 17.9 Å². The summed E-state index contributed by atoms with van der Waals surface area (Å²) in [5, 5.41) is 3.23. The molecule has 4 rings (SSSR count). The second kappa shape index (κ2) is 9.93. The Hall–Kier alpha value is -2.63. The number of aryl methyl sites for hydroxylation is 1. The molecule has 1 unspecified atom stereocenters. The van der Waals surface area contributed by atoms with Crippen LogP contribution in [0.5, 0.6) is 5.75 Å². The van der Waals surface area contributed by atoms with Crippen LogP contribution in [0.3, 0.4) is 0 Å². The van der Waals surface area contributed by atoms with E-state index in [1.807, 2.05) is 6.92 Å². The summed E-state index contributed by atoms with van der Waals surface area (Å²) < 4.78 is 34.4. The van der Waals surface area contributed by atoms with Crippen LogP contribution in [-0.2, 0) is 27.7 Å². The first-order chi connectivity index (χ1) is 16.2. The van der Waals surface area contributed by atoms with Gasteiger partial charge in [-0.15, -0.1) is 11.3 Å². The number of thiophene rings is 1. The second-order valence-corrected chi connectivity index (χ2v) is 11.4. The number of fused-ring (bicyclic) bond motifs is 1. The van der Waals surface area contributed by atoms with Crippen molar-refractivity contribution in [3.8, 4) is 5.75 Å². The fourth-order valence-corrected chi connectivity index (χ4v) is 7.36. The molecule has 1 aromatic carbocycles. The number of primary amides is 1. The van der Waals surface area contributed by atoms with E-state index < -0.39 is 16.1 Å². The van der Waals surface area contributed by atoms with Crippen LogP contribution in [0.15, 0.2) is 29.2 Å². The highest BCUT2D eigenvalue weighted by Crippen LogP contribution is 2.43. The number of carbonyl (C=O) groups is 2. The van der Waals surface area contributed by atoms with Gasteiger partial charge in [0.25, 0.3) is 0 Å². The number of nitrogens with two attached hydrogens (primary N) is 1. The summed E-state index contributed by atoms with van der Waals surface area (Å²) in [4.78, 5) is 27.5. The molecule has 2 aromatic rings. The van der Waals surface area contributed by atoms with Gasteiger partial charge in [0.05, 0.1) is 7.11 Å². The number of benzene rings is 1. The molecule has 34 heavy (non-hydrogen) atoms. The van der Waals surface area contributed by atoms with E-state index in [0.717, 1.165) is 17.7 Å². The molecule has 0 bridgehead atoms. The van der Waals surface area contributed by atoms with Crippen LogP contribution in [0, 0.1) is 5.92 Å². The summed E-state index contributed by atoms with van der Waals surface area (Å²) in [6, 6.07) is 6.09. The quantitative estimate of drug-likeness (QED) is 0.481. The van der Waals surface area contributed by atoms with Gasteiger partial charge in [-0.1, -0.05) is 6.92 Å². The van der Waals surface area contributed by atoms with E-state index in [1.54, 1.807) is 31.4 Å². The Morgan fingerprint density at radius 3 is 2.50 bits per heavy atom. The molecule has 0 spiro atoms. The maximum atomic E-state index is 13.3. The average Bonchev–Trinajstić information content (AvgIpc) is 3.59. The van der Waals surface area contributed by atoms with Gasteiger partial charge in [-0.2, -0.15) is 0 Å². The van der Waals surface area contributed by atoms with E-state index in [1.165, 1.54) is 16.2 Å². The maximum Gasteiger partial charge on any atom is 0.319 e. The first-order valence-corrected chi connectivity index (χ1v) is 13.7. The lowest BCUT2D eigenvalue weighted by Crippen LogP contribution is -2.46. The van der Waals surface area contributed by atoms with Gasteiger partial charge >= 0.3 is 6.03 Å². The summed E-state index contributed by atoms with van der Waals surface area (Å²) in [6.45, 7) is 2.18. The predicted octanol–water partition coefficient (Wildman–Crippen LogP) is 3.24. The molecule has 1 atom stereocenters. The molecule has 184 valence electrons. The van der Waals surface area contributed by atoms with Gasteiger partial charge in [-0.3, -0.25) is 9.69 Å². The molecule has 1 heterocycles. The van der Waals surface area contributed by atoms with Crippen molar-refractivity contribution in [2.24, 2.45) is 11.7 Å². The van der Waals surface area contributed by atoms with Gasteiger partial charge < -0.3 is 15.8 Å². The maximum absolute atomic E-state index is 13.3. The Labute approximate surface area is 203 Å². The highest BCUT2D eigenvalue weighted by molar-refractivity contribution is 7.90. The summed E-state index contributed by atoms with van der Waals surface area (Å²) in [7, 11) is -2.29. The molecule has 0 saturated heterocycles. The molecule has 0 aliphatic heterocycles. The highest BCUT2D eigenvalue weighted by atomic mass is 32.2. The minimum absolute atomic E-state index is 0.0496. The first kappa shape index (κ1) is 24.5. The number of ether oxygens (including phenoxy) is 1. The second-order valence-electron chi connectivity index (χ2n) is 8.63. The molecule has 9 nitrogen and oxygen atoms in total. The minimum atomic E-state index is -3.85. The molecule has 2 aliphatic rings. The van der Waals surface area contributed by atoms with Crippen molar-refractivity contribution >= 4 is 44.0 Å². The zero-order valence-corrected chi connectivity index (χ0v) is 20.9. The minimum Gasteiger partial charge on any atom is -0.497 e. The third kappa shape index (κ3) is 5.06. The zero-order chi connectivity index (χ0) is 24.5. The fraction of sp³-hybridized carbons (Fsp3) is 0.478. The number of rotatable bonds is 9. The molecule has 1 fully saturated rings. The van der Waals surface area contributed by atoms with Crippen molar-refractivity contribution < 1.29 is 22.7 Å². The number of hydrogen-bond donors (Lipinski definition) is 3. The Morgan fingerprint density at radius 2 is 1.91 bits per heavy atom. The SMILES string of the molecule is CCCNS(=O)(=O)c1c(NC(=O)C2CC2)sc2c1CC(N(C(N)=O)c1ccc(OC)cc1)CC2. The summed E-state index contributed by atoms with van der Waals surface area (Å²) >= 11 is 1.32. The van der Waals surface area contributed by atoms with Crippen molar-refractivity contribution in [3.05, 3.63) is 34.7 Å². The van der Waals surface area contributed by atoms with E-state index in [9.17, 15) is 18.0 Å². The number of amides is 3. The number of urea groups is 1. The van der Waals surface area contributed by atoms with Crippen LogP contribution in [0.4, 0.5) is 15.5 Å². The van der Waals surface area contributed by atoms with Crippen LogP contribution in [0.25, 0.3) is 0 Å². The Bertz CT molecular complexity index is 1170. The Kier molecular flexibility index (Phi) is 7.15. The number of nitrogens with one attached hydrogen (secondary N) is 2. The molecule has 4 N–H and O–H groups in total. The van der Waals surface area contributed by atoms with Gasteiger partial charge in [0.1, 0.15) is 15.6 Å². The monoisotopic (exact) mass is 506 g/mol. The Morgan fingerprint density at radius 1 is 1.21 bits per heavy atom. The highest BCUT2D eigenvalue weighted by Gasteiger charge is 2.37. The van der Waals surface area contributed by atoms with Gasteiger partial charge in [0.15, 0.2) is 0 Å². The number of sulfonamides is 1. The van der Waals surface area contributed by atoms with E-state index in [4.69, 9.17) is 10.5 Å². The number of carbonyl (C=O) groups excluding carboxylic acids is 2. The largest absolute Gasteiger partial charge is 0.497 e. The molecule has 1 saturated carbocycles. The first-order valence-electron chi connectivity index (χ1n) is 11.4. The third-order valence-corrected chi connectivity index (χ3v) is 9.04. The molecule has 3 amide bonds. The zero-order valence-electron chi connectivity index (χ0n) is 19.3. The number of methoxy groups -OCH3 is 1. The topological polar surface area (TPSA) is 131 Å². The molecular formula is C23H30N4O5S2. The van der Waals surface area contributed by atoms with Gasteiger partial charge in [0.2, 0.25) is 15.9 Å². The predicted molar refractivity (Wildman–Crippen MR) is 132 cm³/mol. The van der Waals surface area contributed by atoms with Gasteiger partial charge in [0, 0.05) is 29.1 Å². The van der Waals surface area contributed by atoms with Crippen molar-refractivity contribution in [2.45, 2.75) is 56.4 Å². The van der Waals surface area contributed by atoms with Gasteiger partial charge in [-0.05, 0) is 68.4 Å². The standard InChI is InChI=1S/C23H30N4O5S2/c1-3-12-25-34(30,31)20-18-13-16(27(23(24)29)15-6-9-17(32-2)10-7-15)8-11-19(18)33-22(20)26-21(28)14-4-5-14/h6-7,9-10,14,16,25H,3-5,8,11-13H2,1-2H3,(H2,24,29)(H,26,28). The third-order valence-electron chi connectivity index (χ3n) is 6.14. The van der Waals surface area contributed by atoms with Crippen molar-refractivity contribution in [3.63, 3.8) is 0 Å². The molecule has 0 radical (unpaired) electrons. The van der Waals surface area contributed by atoms with Crippen molar-refractivity contribution in [1.29, 1.82) is 0 Å². The smallest absolute Gasteiger partial charge is 0.319 e. The lowest BCUT2D eigenvalue weighted by molar-refractivity contribution is -0.117. The summed E-state index contributed by atoms with van der Waals surface area (Å²) in [6.07, 6.45) is 3.82. The fourth-order valence-electron chi connectivity index (χ4n) is 4.25. The van der Waals surface area contributed by atoms with E-state index in [-0.39, 0.29) is 22.8 Å². The average molecular weight is 507 g/mol. The van der Waals surface area contributed by atoms with Crippen molar-refractivity contribution in [2.75, 3.05) is 23.9 Å². The van der Waals surface area contributed by atoms with Crippen molar-refractivity contribution in [1.82, 2.24) is 4.72 Å². The van der Waals surface area contributed by atoms with E-state index in [2.05, 4.69) is 10.0 Å². The van der Waals surface area contributed by atoms with E-state index >= 15 is 0 Å². The lowest BCUT2D eigenvalue weighted by atomic mass is 9.92. The van der Waals surface area contributed by atoms with Crippen LogP contribution < -0.4 is 25.4 Å². The number of nitrogens with zero attached hydrogens (tertiary/aromatic N) is 1. The molecule has 1 aromatic heterocycles. The molecule has 2 aliphatic carbocycles. The molecular weight excluding hydrogens is 476 g/mol. The van der Waals surface area contributed by atoms with Crippen LogP contribution in [0.2, 0.25) is 0 Å². The van der Waals surface area contributed by atoms with Crippen LogP contribution >= 0.6 is 11.3 Å². The van der Waals surface area contributed by atoms with E-state index in [0.29, 0.717) is 54.2 Å². The van der Waals surface area contributed by atoms with Crippen LogP contribution in [-0.4, -0.2) is 40.1 Å². The summed E-state index contributed by atoms with van der Waals surface area (Å²) in [5.74, 6) is 0.467. The Balaban J connectivity index is 1.70. The number of anilines is 2. The molecule has 11 heteroatoms. The lowest BCUT2D eigenvalue weighted by Gasteiger charge is -2.33. The van der Waals surface area contributed by atoms with Crippen LogP contribution in [0.1, 0.15) is 43.0 Å². The normalized spacial score (nSPS) is 17.6.